The number of hydrogen-bond acceptors (Lipinski definition) is 4. The van der Waals surface area contributed by atoms with E-state index in [-0.39, 0.29) is 12.5 Å². The minimum Gasteiger partial charge on any atom is -0.495 e. The van der Waals surface area contributed by atoms with Crippen LogP contribution in [0.4, 0.5) is 5.69 Å². The molecular formula is C15H18ClN3O3. The fraction of sp³-hybridized carbons (Fsp3) is 0.333. The molecule has 7 heteroatoms. The van der Waals surface area contributed by atoms with E-state index in [0.29, 0.717) is 22.2 Å². The van der Waals surface area contributed by atoms with Gasteiger partial charge in [0.05, 0.1) is 30.6 Å². The number of benzene rings is 1. The van der Waals surface area contributed by atoms with Crippen LogP contribution < -0.4 is 14.8 Å². The van der Waals surface area contributed by atoms with Gasteiger partial charge in [0.2, 0.25) is 5.91 Å². The van der Waals surface area contributed by atoms with E-state index in [2.05, 4.69) is 10.4 Å². The number of nitrogens with one attached hydrogen (secondary N) is 1. The van der Waals surface area contributed by atoms with Gasteiger partial charge < -0.3 is 14.8 Å². The third-order valence-corrected chi connectivity index (χ3v) is 3.44. The molecular weight excluding hydrogens is 306 g/mol. The Hall–Kier alpha value is -2.21. The molecule has 2 rings (SSSR count). The van der Waals surface area contributed by atoms with Crippen molar-refractivity contribution in [3.63, 3.8) is 0 Å². The maximum atomic E-state index is 12.2. The lowest BCUT2D eigenvalue weighted by atomic mass is 10.2. The normalized spacial score (nSPS) is 10.4. The van der Waals surface area contributed by atoms with Crippen molar-refractivity contribution in [1.29, 1.82) is 0 Å². The minimum absolute atomic E-state index is 0.119. The first kappa shape index (κ1) is 16.2. The number of anilines is 1. The number of aryl methyl sites for hydroxylation is 2. The summed E-state index contributed by atoms with van der Waals surface area (Å²) in [5.74, 6) is 0.713. The SMILES string of the molecule is COc1cc(NC(=O)Cn2nc(C)cc2C)c(OC)cc1Cl. The van der Waals surface area contributed by atoms with Gasteiger partial charge in [0.15, 0.2) is 0 Å². The molecule has 1 heterocycles. The molecule has 22 heavy (non-hydrogen) atoms. The smallest absolute Gasteiger partial charge is 0.246 e. The molecule has 0 saturated heterocycles. The van der Waals surface area contributed by atoms with Crippen molar-refractivity contribution in [3.8, 4) is 11.5 Å². The van der Waals surface area contributed by atoms with E-state index in [4.69, 9.17) is 21.1 Å². The van der Waals surface area contributed by atoms with Crippen LogP contribution in [0.25, 0.3) is 0 Å². The Morgan fingerprint density at radius 1 is 1.23 bits per heavy atom. The summed E-state index contributed by atoms with van der Waals surface area (Å²) in [4.78, 5) is 12.2. The molecule has 0 aliphatic rings. The van der Waals surface area contributed by atoms with Crippen molar-refractivity contribution in [1.82, 2.24) is 9.78 Å². The Kier molecular flexibility index (Phi) is 4.92. The van der Waals surface area contributed by atoms with Gasteiger partial charge in [-0.2, -0.15) is 5.10 Å². The lowest BCUT2D eigenvalue weighted by Crippen LogP contribution is -2.20. The van der Waals surface area contributed by atoms with Gasteiger partial charge in [-0.3, -0.25) is 9.48 Å². The Balaban J connectivity index is 2.19. The van der Waals surface area contributed by atoms with Crippen LogP contribution in [0, 0.1) is 13.8 Å². The van der Waals surface area contributed by atoms with Gasteiger partial charge in [0.1, 0.15) is 18.0 Å². The second kappa shape index (κ2) is 6.70. The fourth-order valence-electron chi connectivity index (χ4n) is 2.12. The van der Waals surface area contributed by atoms with Crippen LogP contribution in [0.3, 0.4) is 0 Å². The summed E-state index contributed by atoms with van der Waals surface area (Å²) in [6.07, 6.45) is 0. The van der Waals surface area contributed by atoms with Crippen molar-refractivity contribution in [2.45, 2.75) is 20.4 Å². The predicted octanol–water partition coefficient (Wildman–Crippen LogP) is 2.81. The second-order valence-electron chi connectivity index (χ2n) is 4.82. The first-order chi connectivity index (χ1) is 10.4. The summed E-state index contributed by atoms with van der Waals surface area (Å²) in [5.41, 5.74) is 2.29. The minimum atomic E-state index is -0.214. The first-order valence-corrected chi connectivity index (χ1v) is 7.04. The molecule has 1 aromatic heterocycles. The van der Waals surface area contributed by atoms with Crippen LogP contribution >= 0.6 is 11.6 Å². The number of amides is 1. The zero-order chi connectivity index (χ0) is 16.3. The summed E-state index contributed by atoms with van der Waals surface area (Å²) in [6, 6.07) is 5.14. The third-order valence-electron chi connectivity index (χ3n) is 3.14. The number of aromatic nitrogens is 2. The van der Waals surface area contributed by atoms with Gasteiger partial charge in [-0.25, -0.2) is 0 Å². The van der Waals surface area contributed by atoms with Crippen molar-refractivity contribution < 1.29 is 14.3 Å². The quantitative estimate of drug-likeness (QED) is 0.919. The molecule has 0 atom stereocenters. The Bertz CT molecular complexity index is 698. The lowest BCUT2D eigenvalue weighted by Gasteiger charge is -2.13. The van der Waals surface area contributed by atoms with E-state index >= 15 is 0 Å². The maximum absolute atomic E-state index is 12.2. The van der Waals surface area contributed by atoms with Gasteiger partial charge in [-0.05, 0) is 19.9 Å². The fourth-order valence-corrected chi connectivity index (χ4v) is 2.35. The molecule has 0 unspecified atom stereocenters. The molecule has 2 aromatic rings. The first-order valence-electron chi connectivity index (χ1n) is 6.67. The standard InChI is InChI=1S/C15H18ClN3O3/c1-9-5-10(2)19(18-9)8-15(20)17-12-7-13(21-3)11(16)6-14(12)22-4/h5-7H,8H2,1-4H3,(H,17,20). The van der Waals surface area contributed by atoms with E-state index in [1.807, 2.05) is 19.9 Å². The number of halogens is 1. The molecule has 0 aliphatic carbocycles. The average molecular weight is 324 g/mol. The number of rotatable bonds is 5. The van der Waals surface area contributed by atoms with E-state index in [9.17, 15) is 4.79 Å². The van der Waals surface area contributed by atoms with Gasteiger partial charge in [0.25, 0.3) is 0 Å². The molecule has 0 bridgehead atoms. The molecule has 1 aromatic carbocycles. The molecule has 0 saturated carbocycles. The van der Waals surface area contributed by atoms with E-state index in [1.54, 1.807) is 16.8 Å². The summed E-state index contributed by atoms with van der Waals surface area (Å²) in [5, 5.41) is 7.46. The van der Waals surface area contributed by atoms with E-state index in [0.717, 1.165) is 11.4 Å². The molecule has 0 radical (unpaired) electrons. The van der Waals surface area contributed by atoms with Crippen molar-refractivity contribution in [2.75, 3.05) is 19.5 Å². The molecule has 1 amide bonds. The highest BCUT2D eigenvalue weighted by atomic mass is 35.5. The largest absolute Gasteiger partial charge is 0.495 e. The van der Waals surface area contributed by atoms with Crippen LogP contribution in [0.2, 0.25) is 5.02 Å². The van der Waals surface area contributed by atoms with Crippen molar-refractivity contribution in [3.05, 3.63) is 34.6 Å². The zero-order valence-corrected chi connectivity index (χ0v) is 13.7. The highest BCUT2D eigenvalue weighted by Crippen LogP contribution is 2.35. The monoisotopic (exact) mass is 323 g/mol. The Morgan fingerprint density at radius 2 is 1.91 bits per heavy atom. The lowest BCUT2D eigenvalue weighted by molar-refractivity contribution is -0.116. The number of ether oxygens (including phenoxy) is 2. The van der Waals surface area contributed by atoms with Crippen molar-refractivity contribution >= 4 is 23.2 Å². The highest BCUT2D eigenvalue weighted by Gasteiger charge is 2.14. The van der Waals surface area contributed by atoms with E-state index in [1.165, 1.54) is 14.2 Å². The van der Waals surface area contributed by atoms with Crippen LogP contribution in [0.15, 0.2) is 18.2 Å². The number of carbonyl (C=O) groups excluding carboxylic acids is 1. The molecule has 6 nitrogen and oxygen atoms in total. The number of carbonyl (C=O) groups is 1. The average Bonchev–Trinajstić information content (AvgIpc) is 2.78. The molecule has 118 valence electrons. The summed E-state index contributed by atoms with van der Waals surface area (Å²) < 4.78 is 12.0. The number of hydrogen-bond donors (Lipinski definition) is 1. The topological polar surface area (TPSA) is 65.4 Å². The Morgan fingerprint density at radius 3 is 2.45 bits per heavy atom. The molecule has 1 N–H and O–H groups in total. The molecule has 0 spiro atoms. The summed E-state index contributed by atoms with van der Waals surface area (Å²) in [6.45, 7) is 3.90. The van der Waals surface area contributed by atoms with Crippen LogP contribution in [-0.2, 0) is 11.3 Å². The second-order valence-corrected chi connectivity index (χ2v) is 5.23. The number of nitrogens with zero attached hydrogens (tertiary/aromatic N) is 2. The van der Waals surface area contributed by atoms with Gasteiger partial charge in [-0.15, -0.1) is 0 Å². The summed E-state index contributed by atoms with van der Waals surface area (Å²) >= 11 is 6.04. The maximum Gasteiger partial charge on any atom is 0.246 e. The molecule has 0 aliphatic heterocycles. The van der Waals surface area contributed by atoms with Crippen LogP contribution in [0.1, 0.15) is 11.4 Å². The highest BCUT2D eigenvalue weighted by molar-refractivity contribution is 6.32. The van der Waals surface area contributed by atoms with Gasteiger partial charge in [-0.1, -0.05) is 11.6 Å². The molecule has 0 fully saturated rings. The van der Waals surface area contributed by atoms with Gasteiger partial charge >= 0.3 is 0 Å². The van der Waals surface area contributed by atoms with Crippen LogP contribution in [0.5, 0.6) is 11.5 Å². The zero-order valence-electron chi connectivity index (χ0n) is 12.9. The van der Waals surface area contributed by atoms with E-state index < -0.39 is 0 Å². The predicted molar refractivity (Wildman–Crippen MR) is 84.9 cm³/mol. The Labute approximate surface area is 134 Å². The number of methoxy groups -OCH3 is 2. The summed E-state index contributed by atoms with van der Waals surface area (Å²) in [7, 11) is 3.02. The third kappa shape index (κ3) is 3.51. The van der Waals surface area contributed by atoms with Crippen molar-refractivity contribution in [2.24, 2.45) is 0 Å². The van der Waals surface area contributed by atoms with Crippen LogP contribution in [-0.4, -0.2) is 29.9 Å². The van der Waals surface area contributed by atoms with Gasteiger partial charge in [0, 0.05) is 17.8 Å².